The first-order chi connectivity index (χ1) is 10.2. The highest BCUT2D eigenvalue weighted by Crippen LogP contribution is 2.23. The Morgan fingerprint density at radius 2 is 2.10 bits per heavy atom. The van der Waals surface area contributed by atoms with Crippen LogP contribution in [0.25, 0.3) is 17.0 Å². The predicted molar refractivity (Wildman–Crippen MR) is 81.3 cm³/mol. The lowest BCUT2D eigenvalue weighted by atomic mass is 10.1. The number of hydrogen-bond acceptors (Lipinski definition) is 4. The first-order valence-electron chi connectivity index (χ1n) is 7.02. The van der Waals surface area contributed by atoms with Gasteiger partial charge in [-0.25, -0.2) is 4.98 Å². The second kappa shape index (κ2) is 5.52. The fourth-order valence-corrected chi connectivity index (χ4v) is 2.29. The molecule has 5 nitrogen and oxygen atoms in total. The van der Waals surface area contributed by atoms with Crippen LogP contribution in [0.4, 0.5) is 0 Å². The Bertz CT molecular complexity index is 764. The standard InChI is InChI=1S/C16H18N4O/c1-11(2)9-15-18-16-17-8-7-14(20(16)19-15)12-5-4-6-13(10-12)21-3/h4-8,10-11H,9H2,1-3H3. The van der Waals surface area contributed by atoms with Gasteiger partial charge in [-0.1, -0.05) is 26.0 Å². The first kappa shape index (κ1) is 13.5. The fourth-order valence-electron chi connectivity index (χ4n) is 2.29. The molecule has 0 spiro atoms. The molecular weight excluding hydrogens is 264 g/mol. The summed E-state index contributed by atoms with van der Waals surface area (Å²) in [7, 11) is 1.66. The van der Waals surface area contributed by atoms with Crippen LogP contribution >= 0.6 is 0 Å². The summed E-state index contributed by atoms with van der Waals surface area (Å²) in [5.41, 5.74) is 1.99. The molecule has 0 aliphatic heterocycles. The van der Waals surface area contributed by atoms with E-state index in [-0.39, 0.29) is 0 Å². The van der Waals surface area contributed by atoms with Crippen LogP contribution in [0.5, 0.6) is 5.75 Å². The predicted octanol–water partition coefficient (Wildman–Crippen LogP) is 3.00. The van der Waals surface area contributed by atoms with Gasteiger partial charge < -0.3 is 4.74 Å². The van der Waals surface area contributed by atoms with Crippen molar-refractivity contribution in [3.63, 3.8) is 0 Å². The van der Waals surface area contributed by atoms with Crippen molar-refractivity contribution in [3.8, 4) is 17.0 Å². The Hall–Kier alpha value is -2.43. The number of ether oxygens (including phenoxy) is 1. The molecule has 21 heavy (non-hydrogen) atoms. The van der Waals surface area contributed by atoms with Gasteiger partial charge in [-0.05, 0) is 24.1 Å². The van der Waals surface area contributed by atoms with E-state index in [0.29, 0.717) is 11.7 Å². The third kappa shape index (κ3) is 2.72. The Labute approximate surface area is 123 Å². The summed E-state index contributed by atoms with van der Waals surface area (Å²) >= 11 is 0. The molecule has 3 rings (SSSR count). The highest BCUT2D eigenvalue weighted by Gasteiger charge is 2.11. The van der Waals surface area contributed by atoms with Crippen molar-refractivity contribution in [1.82, 2.24) is 19.6 Å². The molecule has 0 amide bonds. The van der Waals surface area contributed by atoms with Crippen LogP contribution in [0.2, 0.25) is 0 Å². The molecule has 0 fully saturated rings. The second-order valence-electron chi connectivity index (χ2n) is 5.40. The molecule has 0 bridgehead atoms. The van der Waals surface area contributed by atoms with E-state index >= 15 is 0 Å². The van der Waals surface area contributed by atoms with Gasteiger partial charge in [-0.15, -0.1) is 5.10 Å². The molecule has 1 aromatic carbocycles. The van der Waals surface area contributed by atoms with E-state index < -0.39 is 0 Å². The molecule has 0 unspecified atom stereocenters. The lowest BCUT2D eigenvalue weighted by Gasteiger charge is -2.05. The average molecular weight is 282 g/mol. The normalized spacial score (nSPS) is 11.2. The monoisotopic (exact) mass is 282 g/mol. The smallest absolute Gasteiger partial charge is 0.252 e. The number of aromatic nitrogens is 4. The van der Waals surface area contributed by atoms with E-state index in [4.69, 9.17) is 4.74 Å². The van der Waals surface area contributed by atoms with Crippen molar-refractivity contribution in [3.05, 3.63) is 42.4 Å². The molecule has 0 atom stereocenters. The molecule has 2 aromatic heterocycles. The summed E-state index contributed by atoms with van der Waals surface area (Å²) in [6.45, 7) is 4.31. The summed E-state index contributed by atoms with van der Waals surface area (Å²) in [4.78, 5) is 8.79. The Morgan fingerprint density at radius 1 is 1.24 bits per heavy atom. The van der Waals surface area contributed by atoms with Crippen LogP contribution in [-0.2, 0) is 6.42 Å². The van der Waals surface area contributed by atoms with E-state index in [0.717, 1.165) is 29.3 Å². The van der Waals surface area contributed by atoms with Gasteiger partial charge in [-0.2, -0.15) is 9.50 Å². The summed E-state index contributed by atoms with van der Waals surface area (Å²) in [5.74, 6) is 2.79. The quantitative estimate of drug-likeness (QED) is 0.738. The SMILES string of the molecule is COc1cccc(-c2ccnc3nc(CC(C)C)nn23)c1. The van der Waals surface area contributed by atoms with Gasteiger partial charge in [0.1, 0.15) is 5.75 Å². The van der Waals surface area contributed by atoms with Crippen LogP contribution in [-0.4, -0.2) is 26.7 Å². The van der Waals surface area contributed by atoms with Crippen molar-refractivity contribution in [1.29, 1.82) is 0 Å². The Morgan fingerprint density at radius 3 is 2.86 bits per heavy atom. The number of methoxy groups -OCH3 is 1. The number of hydrogen-bond donors (Lipinski definition) is 0. The number of fused-ring (bicyclic) bond motifs is 1. The molecule has 0 radical (unpaired) electrons. The van der Waals surface area contributed by atoms with Crippen molar-refractivity contribution in [2.45, 2.75) is 20.3 Å². The van der Waals surface area contributed by atoms with Gasteiger partial charge in [0.25, 0.3) is 5.78 Å². The summed E-state index contributed by atoms with van der Waals surface area (Å²) in [6, 6.07) is 9.84. The van der Waals surface area contributed by atoms with Gasteiger partial charge >= 0.3 is 0 Å². The molecule has 5 heteroatoms. The molecule has 3 aromatic rings. The van der Waals surface area contributed by atoms with E-state index in [1.807, 2.05) is 30.3 Å². The number of rotatable bonds is 4. The van der Waals surface area contributed by atoms with Gasteiger partial charge in [0.05, 0.1) is 12.8 Å². The molecule has 0 saturated heterocycles. The molecule has 0 aliphatic carbocycles. The lowest BCUT2D eigenvalue weighted by molar-refractivity contribution is 0.415. The van der Waals surface area contributed by atoms with Crippen molar-refractivity contribution in [2.24, 2.45) is 5.92 Å². The number of nitrogens with zero attached hydrogens (tertiary/aromatic N) is 4. The van der Waals surface area contributed by atoms with Gasteiger partial charge in [0, 0.05) is 18.2 Å². The maximum atomic E-state index is 5.29. The molecule has 108 valence electrons. The van der Waals surface area contributed by atoms with Crippen LogP contribution in [0, 0.1) is 5.92 Å². The zero-order valence-corrected chi connectivity index (χ0v) is 12.4. The first-order valence-corrected chi connectivity index (χ1v) is 7.02. The zero-order valence-electron chi connectivity index (χ0n) is 12.4. The maximum absolute atomic E-state index is 5.29. The zero-order chi connectivity index (χ0) is 14.8. The number of benzene rings is 1. The minimum atomic E-state index is 0.516. The van der Waals surface area contributed by atoms with E-state index in [1.54, 1.807) is 17.8 Å². The largest absolute Gasteiger partial charge is 0.497 e. The van der Waals surface area contributed by atoms with Crippen LogP contribution in [0.15, 0.2) is 36.5 Å². The summed E-state index contributed by atoms with van der Waals surface area (Å²) < 4.78 is 7.08. The Balaban J connectivity index is 2.11. The minimum absolute atomic E-state index is 0.516. The van der Waals surface area contributed by atoms with E-state index in [9.17, 15) is 0 Å². The molecule has 0 saturated carbocycles. The fraction of sp³-hybridized carbons (Fsp3) is 0.312. The van der Waals surface area contributed by atoms with Crippen LogP contribution in [0.3, 0.4) is 0 Å². The third-order valence-electron chi connectivity index (χ3n) is 3.24. The molecule has 2 heterocycles. The van der Waals surface area contributed by atoms with Crippen molar-refractivity contribution >= 4 is 5.78 Å². The molecular formula is C16H18N4O. The average Bonchev–Trinajstić information content (AvgIpc) is 2.88. The van der Waals surface area contributed by atoms with Crippen LogP contribution in [0.1, 0.15) is 19.7 Å². The molecule has 0 N–H and O–H groups in total. The summed E-state index contributed by atoms with van der Waals surface area (Å²) in [6.07, 6.45) is 2.61. The topological polar surface area (TPSA) is 52.3 Å². The van der Waals surface area contributed by atoms with Crippen molar-refractivity contribution in [2.75, 3.05) is 7.11 Å². The van der Waals surface area contributed by atoms with Gasteiger partial charge in [-0.3, -0.25) is 0 Å². The lowest BCUT2D eigenvalue weighted by Crippen LogP contribution is -1.98. The third-order valence-corrected chi connectivity index (χ3v) is 3.24. The van der Waals surface area contributed by atoms with Crippen molar-refractivity contribution < 1.29 is 4.74 Å². The van der Waals surface area contributed by atoms with E-state index in [1.165, 1.54) is 0 Å². The highest BCUT2D eigenvalue weighted by molar-refractivity contribution is 5.63. The summed E-state index contributed by atoms with van der Waals surface area (Å²) in [5, 5.41) is 4.59. The second-order valence-corrected chi connectivity index (χ2v) is 5.40. The van der Waals surface area contributed by atoms with E-state index in [2.05, 4.69) is 28.9 Å². The highest BCUT2D eigenvalue weighted by atomic mass is 16.5. The Kier molecular flexibility index (Phi) is 3.56. The van der Waals surface area contributed by atoms with Crippen LogP contribution < -0.4 is 4.74 Å². The minimum Gasteiger partial charge on any atom is -0.497 e. The van der Waals surface area contributed by atoms with Gasteiger partial charge in [0.15, 0.2) is 5.82 Å². The maximum Gasteiger partial charge on any atom is 0.252 e. The molecule has 0 aliphatic rings. The van der Waals surface area contributed by atoms with Gasteiger partial charge in [0.2, 0.25) is 0 Å².